The molecule has 19 heavy (non-hydrogen) atoms. The molecule has 1 unspecified atom stereocenters. The number of rotatable bonds is 5. The SMILES string of the molecule is Cc1[nH]ncc1CCCNC(=O)C1CNC(=O)CN1. The molecule has 104 valence electrons. The van der Waals surface area contributed by atoms with E-state index in [1.807, 2.05) is 13.1 Å². The lowest BCUT2D eigenvalue weighted by Gasteiger charge is -2.23. The van der Waals surface area contributed by atoms with Crippen molar-refractivity contribution < 1.29 is 9.59 Å². The van der Waals surface area contributed by atoms with Gasteiger partial charge in [0.25, 0.3) is 0 Å². The molecule has 4 N–H and O–H groups in total. The highest BCUT2D eigenvalue weighted by atomic mass is 16.2. The van der Waals surface area contributed by atoms with Crippen molar-refractivity contribution in [2.75, 3.05) is 19.6 Å². The molecular weight excluding hydrogens is 246 g/mol. The fraction of sp³-hybridized carbons (Fsp3) is 0.583. The quantitative estimate of drug-likeness (QED) is 0.505. The minimum absolute atomic E-state index is 0.0658. The number of nitrogens with zero attached hydrogens (tertiary/aromatic N) is 1. The van der Waals surface area contributed by atoms with Crippen molar-refractivity contribution in [1.82, 2.24) is 26.1 Å². The zero-order valence-corrected chi connectivity index (χ0v) is 11.0. The second-order valence-corrected chi connectivity index (χ2v) is 4.65. The van der Waals surface area contributed by atoms with Gasteiger partial charge < -0.3 is 10.6 Å². The van der Waals surface area contributed by atoms with E-state index in [9.17, 15) is 9.59 Å². The van der Waals surface area contributed by atoms with Gasteiger partial charge in [0.05, 0.1) is 12.7 Å². The third-order valence-electron chi connectivity index (χ3n) is 3.19. The van der Waals surface area contributed by atoms with Crippen LogP contribution in [-0.4, -0.2) is 47.7 Å². The van der Waals surface area contributed by atoms with Crippen molar-refractivity contribution in [3.8, 4) is 0 Å². The summed E-state index contributed by atoms with van der Waals surface area (Å²) >= 11 is 0. The predicted molar refractivity (Wildman–Crippen MR) is 69.5 cm³/mol. The van der Waals surface area contributed by atoms with Crippen molar-refractivity contribution >= 4 is 11.8 Å². The molecule has 0 aromatic carbocycles. The van der Waals surface area contributed by atoms with Crippen LogP contribution in [0.4, 0.5) is 0 Å². The number of H-pyrrole nitrogens is 1. The van der Waals surface area contributed by atoms with E-state index < -0.39 is 0 Å². The molecule has 1 fully saturated rings. The van der Waals surface area contributed by atoms with Crippen molar-refractivity contribution in [2.45, 2.75) is 25.8 Å². The molecule has 1 aromatic heterocycles. The smallest absolute Gasteiger partial charge is 0.238 e. The van der Waals surface area contributed by atoms with Gasteiger partial charge in [0.2, 0.25) is 11.8 Å². The van der Waals surface area contributed by atoms with E-state index in [0.717, 1.165) is 18.5 Å². The summed E-state index contributed by atoms with van der Waals surface area (Å²) in [4.78, 5) is 22.7. The van der Waals surface area contributed by atoms with Crippen LogP contribution in [0.5, 0.6) is 0 Å². The second-order valence-electron chi connectivity index (χ2n) is 4.65. The average Bonchev–Trinajstić information content (AvgIpc) is 2.81. The summed E-state index contributed by atoms with van der Waals surface area (Å²) in [5.74, 6) is -0.136. The van der Waals surface area contributed by atoms with Gasteiger partial charge in [-0.2, -0.15) is 5.10 Å². The highest BCUT2D eigenvalue weighted by Crippen LogP contribution is 2.04. The number of nitrogens with one attached hydrogen (secondary N) is 4. The first-order valence-electron chi connectivity index (χ1n) is 6.43. The summed E-state index contributed by atoms with van der Waals surface area (Å²) in [7, 11) is 0. The fourth-order valence-corrected chi connectivity index (χ4v) is 1.99. The van der Waals surface area contributed by atoms with E-state index in [-0.39, 0.29) is 24.4 Å². The Morgan fingerprint density at radius 1 is 1.58 bits per heavy atom. The Kier molecular flexibility index (Phi) is 4.51. The molecule has 7 heteroatoms. The molecule has 1 atom stereocenters. The molecule has 0 aliphatic carbocycles. The largest absolute Gasteiger partial charge is 0.355 e. The lowest BCUT2D eigenvalue weighted by molar-refractivity contribution is -0.126. The Balaban J connectivity index is 1.64. The van der Waals surface area contributed by atoms with E-state index in [4.69, 9.17) is 0 Å². The minimum atomic E-state index is -0.326. The van der Waals surface area contributed by atoms with Gasteiger partial charge in [-0.15, -0.1) is 0 Å². The lowest BCUT2D eigenvalue weighted by atomic mass is 10.1. The number of hydrogen-bond donors (Lipinski definition) is 4. The van der Waals surface area contributed by atoms with Gasteiger partial charge in [0.15, 0.2) is 0 Å². The summed E-state index contributed by atoms with van der Waals surface area (Å²) in [6, 6.07) is -0.326. The minimum Gasteiger partial charge on any atom is -0.355 e. The van der Waals surface area contributed by atoms with Gasteiger partial charge in [-0.3, -0.25) is 20.0 Å². The number of aromatic nitrogens is 2. The standard InChI is InChI=1S/C12H19N5O2/c1-8-9(5-16-17-8)3-2-4-13-12(19)10-6-15-11(18)7-14-10/h5,10,14H,2-4,6-7H2,1H3,(H,13,19)(H,15,18)(H,16,17). The summed E-state index contributed by atoms with van der Waals surface area (Å²) < 4.78 is 0. The van der Waals surface area contributed by atoms with Crippen LogP contribution in [0.1, 0.15) is 17.7 Å². The topological polar surface area (TPSA) is 98.9 Å². The number of amides is 2. The van der Waals surface area contributed by atoms with Crippen LogP contribution in [0.3, 0.4) is 0 Å². The van der Waals surface area contributed by atoms with Crippen molar-refractivity contribution in [1.29, 1.82) is 0 Å². The number of aromatic amines is 1. The van der Waals surface area contributed by atoms with Gasteiger partial charge in [-0.05, 0) is 25.3 Å². The number of carbonyl (C=O) groups is 2. The zero-order valence-electron chi connectivity index (χ0n) is 11.0. The van der Waals surface area contributed by atoms with Gasteiger partial charge in [-0.1, -0.05) is 0 Å². The first kappa shape index (κ1) is 13.5. The molecule has 0 radical (unpaired) electrons. The van der Waals surface area contributed by atoms with Gasteiger partial charge >= 0.3 is 0 Å². The van der Waals surface area contributed by atoms with Crippen LogP contribution in [0, 0.1) is 6.92 Å². The van der Waals surface area contributed by atoms with Crippen LogP contribution in [-0.2, 0) is 16.0 Å². The first-order chi connectivity index (χ1) is 9.16. The Bertz CT molecular complexity index is 447. The summed E-state index contributed by atoms with van der Waals surface area (Å²) in [6.45, 7) is 3.16. The number of piperazine rings is 1. The Labute approximate surface area is 111 Å². The third kappa shape index (κ3) is 3.78. The van der Waals surface area contributed by atoms with Crippen LogP contribution < -0.4 is 16.0 Å². The van der Waals surface area contributed by atoms with E-state index in [1.54, 1.807) is 0 Å². The van der Waals surface area contributed by atoms with Gasteiger partial charge in [0, 0.05) is 18.8 Å². The van der Waals surface area contributed by atoms with Crippen LogP contribution in [0.2, 0.25) is 0 Å². The highest BCUT2D eigenvalue weighted by Gasteiger charge is 2.22. The highest BCUT2D eigenvalue weighted by molar-refractivity contribution is 5.86. The Morgan fingerprint density at radius 2 is 2.42 bits per heavy atom. The number of aryl methyl sites for hydroxylation is 2. The van der Waals surface area contributed by atoms with Crippen molar-refractivity contribution in [2.24, 2.45) is 0 Å². The first-order valence-corrected chi connectivity index (χ1v) is 6.43. The second kappa shape index (κ2) is 6.33. The third-order valence-corrected chi connectivity index (χ3v) is 3.19. The maximum Gasteiger partial charge on any atom is 0.238 e. The average molecular weight is 265 g/mol. The molecule has 0 saturated carbocycles. The van der Waals surface area contributed by atoms with Gasteiger partial charge in [-0.25, -0.2) is 0 Å². The van der Waals surface area contributed by atoms with Gasteiger partial charge in [0.1, 0.15) is 6.04 Å². The molecule has 0 bridgehead atoms. The van der Waals surface area contributed by atoms with Crippen molar-refractivity contribution in [3.63, 3.8) is 0 Å². The Morgan fingerprint density at radius 3 is 3.05 bits per heavy atom. The fourth-order valence-electron chi connectivity index (χ4n) is 1.99. The predicted octanol–water partition coefficient (Wildman–Crippen LogP) is -1.15. The van der Waals surface area contributed by atoms with E-state index in [2.05, 4.69) is 26.1 Å². The lowest BCUT2D eigenvalue weighted by Crippen LogP contribution is -2.58. The normalized spacial score (nSPS) is 19.0. The van der Waals surface area contributed by atoms with E-state index >= 15 is 0 Å². The molecular formula is C12H19N5O2. The monoisotopic (exact) mass is 265 g/mol. The summed E-state index contributed by atoms with van der Waals surface area (Å²) in [5.41, 5.74) is 2.25. The zero-order chi connectivity index (χ0) is 13.7. The molecule has 2 rings (SSSR count). The molecule has 1 aromatic rings. The van der Waals surface area contributed by atoms with E-state index in [1.165, 1.54) is 5.56 Å². The number of carbonyl (C=O) groups excluding carboxylic acids is 2. The Hall–Kier alpha value is -1.89. The van der Waals surface area contributed by atoms with Crippen molar-refractivity contribution in [3.05, 3.63) is 17.5 Å². The molecule has 2 amide bonds. The molecule has 0 spiro atoms. The maximum absolute atomic E-state index is 11.8. The summed E-state index contributed by atoms with van der Waals surface area (Å²) in [5, 5.41) is 15.3. The molecule has 7 nitrogen and oxygen atoms in total. The molecule has 2 heterocycles. The maximum atomic E-state index is 11.8. The van der Waals surface area contributed by atoms with E-state index in [0.29, 0.717) is 13.1 Å². The molecule has 1 saturated heterocycles. The molecule has 1 aliphatic rings. The van der Waals surface area contributed by atoms with Crippen LogP contribution >= 0.6 is 0 Å². The molecule has 1 aliphatic heterocycles. The summed E-state index contributed by atoms with van der Waals surface area (Å²) in [6.07, 6.45) is 3.57. The van der Waals surface area contributed by atoms with Crippen LogP contribution in [0.15, 0.2) is 6.20 Å². The van der Waals surface area contributed by atoms with Crippen LogP contribution in [0.25, 0.3) is 0 Å². The number of hydrogen-bond acceptors (Lipinski definition) is 4.